The highest BCUT2D eigenvalue weighted by Crippen LogP contribution is 2.21. The van der Waals surface area contributed by atoms with E-state index in [1.165, 1.54) is 0 Å². The zero-order valence-electron chi connectivity index (χ0n) is 10.7. The molecule has 0 radical (unpaired) electrons. The van der Waals surface area contributed by atoms with Gasteiger partial charge in [-0.1, -0.05) is 13.8 Å². The first-order valence-corrected chi connectivity index (χ1v) is 5.83. The first-order valence-electron chi connectivity index (χ1n) is 5.83. The third kappa shape index (κ3) is 4.04. The Bertz CT molecular complexity index is 408. The third-order valence-corrected chi connectivity index (χ3v) is 2.63. The molecule has 0 aromatic carbocycles. The van der Waals surface area contributed by atoms with Gasteiger partial charge in [0.2, 0.25) is 0 Å². The Morgan fingerprint density at radius 3 is 2.82 bits per heavy atom. The number of nitrogens with two attached hydrogens (primary N) is 1. The van der Waals surface area contributed by atoms with Crippen molar-refractivity contribution in [3.05, 3.63) is 24.0 Å². The monoisotopic (exact) mass is 232 g/mol. The third-order valence-electron chi connectivity index (χ3n) is 2.63. The predicted octanol–water partition coefficient (Wildman–Crippen LogP) is 2.13. The second-order valence-corrected chi connectivity index (χ2v) is 5.03. The van der Waals surface area contributed by atoms with Crippen LogP contribution in [0.2, 0.25) is 0 Å². The van der Waals surface area contributed by atoms with Gasteiger partial charge >= 0.3 is 0 Å². The van der Waals surface area contributed by atoms with E-state index in [0.717, 1.165) is 12.1 Å². The van der Waals surface area contributed by atoms with Crippen molar-refractivity contribution < 1.29 is 0 Å². The molecule has 1 aromatic rings. The SMILES string of the molecule is CC(C)CC(C)(CN)Nc1ccnc(C#N)c1. The van der Waals surface area contributed by atoms with Gasteiger partial charge in [0.15, 0.2) is 0 Å². The van der Waals surface area contributed by atoms with Gasteiger partial charge in [0.05, 0.1) is 0 Å². The molecule has 3 N–H and O–H groups in total. The highest BCUT2D eigenvalue weighted by molar-refractivity contribution is 5.48. The van der Waals surface area contributed by atoms with E-state index in [-0.39, 0.29) is 5.54 Å². The smallest absolute Gasteiger partial charge is 0.142 e. The van der Waals surface area contributed by atoms with Gasteiger partial charge in [-0.15, -0.1) is 0 Å². The summed E-state index contributed by atoms with van der Waals surface area (Å²) in [5.74, 6) is 0.563. The lowest BCUT2D eigenvalue weighted by molar-refractivity contribution is 0.407. The Morgan fingerprint density at radius 1 is 1.59 bits per heavy atom. The van der Waals surface area contributed by atoms with Gasteiger partial charge in [-0.25, -0.2) is 4.98 Å². The van der Waals surface area contributed by atoms with E-state index in [1.54, 1.807) is 12.3 Å². The molecule has 0 amide bonds. The maximum Gasteiger partial charge on any atom is 0.142 e. The van der Waals surface area contributed by atoms with Crippen LogP contribution < -0.4 is 11.1 Å². The van der Waals surface area contributed by atoms with Crippen LogP contribution in [0.4, 0.5) is 5.69 Å². The van der Waals surface area contributed by atoms with Gasteiger partial charge in [-0.2, -0.15) is 5.26 Å². The van der Waals surface area contributed by atoms with Crippen LogP contribution in [0, 0.1) is 17.2 Å². The van der Waals surface area contributed by atoms with Gasteiger partial charge in [-0.3, -0.25) is 0 Å². The minimum atomic E-state index is -0.151. The molecule has 0 aliphatic rings. The van der Waals surface area contributed by atoms with E-state index in [2.05, 4.69) is 31.1 Å². The Kier molecular flexibility index (Phi) is 4.47. The largest absolute Gasteiger partial charge is 0.378 e. The molecule has 0 fully saturated rings. The summed E-state index contributed by atoms with van der Waals surface area (Å²) in [4.78, 5) is 3.94. The zero-order chi connectivity index (χ0) is 12.9. The van der Waals surface area contributed by atoms with Gasteiger partial charge in [0, 0.05) is 24.0 Å². The highest BCUT2D eigenvalue weighted by Gasteiger charge is 2.23. The number of rotatable bonds is 5. The standard InChI is InChI=1S/C13H20N4/c1-10(2)7-13(3,9-15)17-11-4-5-16-12(6-11)8-14/h4-6,10H,7,9,15H2,1-3H3,(H,16,17). The summed E-state index contributed by atoms with van der Waals surface area (Å²) < 4.78 is 0. The number of anilines is 1. The van der Waals surface area contributed by atoms with Gasteiger partial charge in [-0.05, 0) is 31.4 Å². The highest BCUT2D eigenvalue weighted by atomic mass is 15.0. The van der Waals surface area contributed by atoms with E-state index in [4.69, 9.17) is 11.0 Å². The summed E-state index contributed by atoms with van der Waals surface area (Å²) in [5.41, 5.74) is 6.99. The summed E-state index contributed by atoms with van der Waals surface area (Å²) in [6.07, 6.45) is 2.61. The second kappa shape index (κ2) is 5.65. The fourth-order valence-corrected chi connectivity index (χ4v) is 2.00. The molecule has 92 valence electrons. The lowest BCUT2D eigenvalue weighted by atomic mass is 9.90. The number of nitrogens with zero attached hydrogens (tertiary/aromatic N) is 2. The average molecular weight is 232 g/mol. The molecular weight excluding hydrogens is 212 g/mol. The van der Waals surface area contributed by atoms with E-state index < -0.39 is 0 Å². The molecule has 1 rings (SSSR count). The summed E-state index contributed by atoms with van der Waals surface area (Å²) in [6, 6.07) is 5.63. The van der Waals surface area contributed by atoms with Crippen LogP contribution in [-0.2, 0) is 0 Å². The van der Waals surface area contributed by atoms with E-state index >= 15 is 0 Å². The van der Waals surface area contributed by atoms with Crippen molar-refractivity contribution in [3.63, 3.8) is 0 Å². The molecule has 0 spiro atoms. The van der Waals surface area contributed by atoms with Gasteiger partial charge in [0.25, 0.3) is 0 Å². The average Bonchev–Trinajstić information content (AvgIpc) is 2.28. The van der Waals surface area contributed by atoms with Crippen LogP contribution >= 0.6 is 0 Å². The minimum absolute atomic E-state index is 0.151. The number of hydrogen-bond donors (Lipinski definition) is 2. The Balaban J connectivity index is 2.83. The van der Waals surface area contributed by atoms with Crippen LogP contribution in [0.15, 0.2) is 18.3 Å². The molecule has 1 heterocycles. The van der Waals surface area contributed by atoms with Crippen LogP contribution in [0.5, 0.6) is 0 Å². The molecule has 0 saturated heterocycles. The number of nitrogens with one attached hydrogen (secondary N) is 1. The summed E-state index contributed by atoms with van der Waals surface area (Å²) >= 11 is 0. The quantitative estimate of drug-likeness (QED) is 0.815. The number of nitriles is 1. The molecule has 0 bridgehead atoms. The van der Waals surface area contributed by atoms with Crippen LogP contribution in [0.1, 0.15) is 32.9 Å². The number of aromatic nitrogens is 1. The Hall–Kier alpha value is -1.60. The molecule has 0 aliphatic heterocycles. The van der Waals surface area contributed by atoms with Crippen molar-refractivity contribution in [2.75, 3.05) is 11.9 Å². The molecule has 17 heavy (non-hydrogen) atoms. The maximum atomic E-state index is 8.80. The predicted molar refractivity (Wildman–Crippen MR) is 69.5 cm³/mol. The maximum absolute atomic E-state index is 8.80. The molecule has 0 saturated carbocycles. The topological polar surface area (TPSA) is 74.7 Å². The fourth-order valence-electron chi connectivity index (χ4n) is 2.00. The van der Waals surface area contributed by atoms with Crippen molar-refractivity contribution in [2.24, 2.45) is 11.7 Å². The minimum Gasteiger partial charge on any atom is -0.378 e. The normalized spacial score (nSPS) is 14.1. The van der Waals surface area contributed by atoms with Crippen molar-refractivity contribution >= 4 is 5.69 Å². The van der Waals surface area contributed by atoms with Crippen molar-refractivity contribution in [3.8, 4) is 6.07 Å². The van der Waals surface area contributed by atoms with Crippen LogP contribution in [-0.4, -0.2) is 17.1 Å². The Morgan fingerprint density at radius 2 is 2.29 bits per heavy atom. The number of hydrogen-bond acceptors (Lipinski definition) is 4. The molecule has 0 aliphatic carbocycles. The van der Waals surface area contributed by atoms with E-state index in [9.17, 15) is 0 Å². The van der Waals surface area contributed by atoms with Crippen LogP contribution in [0.3, 0.4) is 0 Å². The first kappa shape index (κ1) is 13.5. The Labute approximate surface area is 103 Å². The van der Waals surface area contributed by atoms with Crippen molar-refractivity contribution in [2.45, 2.75) is 32.7 Å². The molecule has 4 nitrogen and oxygen atoms in total. The summed E-state index contributed by atoms with van der Waals surface area (Å²) in [5, 5.41) is 12.2. The summed E-state index contributed by atoms with van der Waals surface area (Å²) in [6.45, 7) is 6.99. The molecular formula is C13H20N4. The molecule has 1 atom stereocenters. The van der Waals surface area contributed by atoms with Crippen LogP contribution in [0.25, 0.3) is 0 Å². The summed E-state index contributed by atoms with van der Waals surface area (Å²) in [7, 11) is 0. The van der Waals surface area contributed by atoms with Gasteiger partial charge < -0.3 is 11.1 Å². The first-order chi connectivity index (χ1) is 7.99. The fraction of sp³-hybridized carbons (Fsp3) is 0.538. The molecule has 4 heteroatoms. The number of pyridine rings is 1. The van der Waals surface area contributed by atoms with Crippen molar-refractivity contribution in [1.29, 1.82) is 5.26 Å². The van der Waals surface area contributed by atoms with Gasteiger partial charge in [0.1, 0.15) is 11.8 Å². The van der Waals surface area contributed by atoms with E-state index in [1.807, 2.05) is 12.1 Å². The lowest BCUT2D eigenvalue weighted by Crippen LogP contribution is -2.43. The second-order valence-electron chi connectivity index (χ2n) is 5.03. The van der Waals surface area contributed by atoms with E-state index in [0.29, 0.717) is 18.2 Å². The molecule has 1 unspecified atom stereocenters. The molecule has 1 aromatic heterocycles. The zero-order valence-corrected chi connectivity index (χ0v) is 10.7. The lowest BCUT2D eigenvalue weighted by Gasteiger charge is -2.32. The van der Waals surface area contributed by atoms with Crippen molar-refractivity contribution in [1.82, 2.24) is 4.98 Å².